The van der Waals surface area contributed by atoms with Crippen molar-refractivity contribution < 1.29 is 43.0 Å². The van der Waals surface area contributed by atoms with E-state index in [1.165, 1.54) is 25.3 Å². The van der Waals surface area contributed by atoms with Crippen molar-refractivity contribution in [3.63, 3.8) is 0 Å². The van der Waals surface area contributed by atoms with Gasteiger partial charge in [-0.2, -0.15) is 0 Å². The molecule has 0 saturated carbocycles. The number of hydrogen-bond donors (Lipinski definition) is 0. The minimum atomic E-state index is -0.918. The molecule has 0 unspecified atom stereocenters. The van der Waals surface area contributed by atoms with E-state index >= 15 is 0 Å². The molecule has 10 nitrogen and oxygen atoms in total. The molecule has 0 aliphatic carbocycles. The predicted octanol–water partition coefficient (Wildman–Crippen LogP) is 1.53. The smallest absolute Gasteiger partial charge is 0.370 e. The summed E-state index contributed by atoms with van der Waals surface area (Å²) in [6.45, 7) is 3.67. The number of carbonyl (C=O) groups excluding carboxylic acids is 4. The van der Waals surface area contributed by atoms with Crippen LogP contribution < -0.4 is 4.74 Å². The summed E-state index contributed by atoms with van der Waals surface area (Å²) < 4.78 is 21.2. The highest BCUT2D eigenvalue weighted by molar-refractivity contribution is 6.01. The summed E-state index contributed by atoms with van der Waals surface area (Å²) in [4.78, 5) is 51.7. The molecule has 2 amide bonds. The van der Waals surface area contributed by atoms with E-state index in [9.17, 15) is 19.2 Å². The third-order valence-corrected chi connectivity index (χ3v) is 3.87. The Morgan fingerprint density at radius 2 is 1.69 bits per heavy atom. The summed E-state index contributed by atoms with van der Waals surface area (Å²) in [6, 6.07) is 4.41. The van der Waals surface area contributed by atoms with Crippen LogP contribution in [0.4, 0.5) is 0 Å². The monoisotopic (exact) mass is 409 g/mol. The lowest BCUT2D eigenvalue weighted by atomic mass is 10.1. The molecule has 158 valence electrons. The molecule has 2 rings (SSSR count). The van der Waals surface area contributed by atoms with E-state index in [4.69, 9.17) is 23.8 Å². The van der Waals surface area contributed by atoms with E-state index in [0.29, 0.717) is 23.8 Å². The van der Waals surface area contributed by atoms with E-state index in [0.717, 1.165) is 0 Å². The number of hydrogen-bond acceptors (Lipinski definition) is 9. The second kappa shape index (κ2) is 10.5. The van der Waals surface area contributed by atoms with Crippen molar-refractivity contribution in [3.8, 4) is 5.75 Å². The molecule has 0 atom stereocenters. The molecule has 1 aliphatic heterocycles. The second-order valence-corrected chi connectivity index (χ2v) is 5.82. The zero-order valence-corrected chi connectivity index (χ0v) is 16.5. The SMILES string of the molecule is CCOC(OCC)c1cc(OCC(=O)ON2C(=O)CCC2=O)ccc1C(=O)OC. The fraction of sp³-hybridized carbons (Fsp3) is 0.474. The average Bonchev–Trinajstić information content (AvgIpc) is 3.03. The van der Waals surface area contributed by atoms with Gasteiger partial charge in [0.15, 0.2) is 12.9 Å². The number of carbonyl (C=O) groups is 4. The molecule has 1 aliphatic rings. The van der Waals surface area contributed by atoms with Gasteiger partial charge in [0.05, 0.1) is 12.7 Å². The Bertz CT molecular complexity index is 755. The van der Waals surface area contributed by atoms with Gasteiger partial charge in [-0.15, -0.1) is 5.06 Å². The van der Waals surface area contributed by atoms with Crippen LogP contribution in [-0.2, 0) is 33.4 Å². The molecule has 1 saturated heterocycles. The Balaban J connectivity index is 2.13. The topological polar surface area (TPSA) is 118 Å². The highest BCUT2D eigenvalue weighted by Gasteiger charge is 2.33. The van der Waals surface area contributed by atoms with Gasteiger partial charge < -0.3 is 23.8 Å². The quantitative estimate of drug-likeness (QED) is 0.322. The van der Waals surface area contributed by atoms with Crippen molar-refractivity contribution in [2.75, 3.05) is 26.9 Å². The maximum atomic E-state index is 12.1. The van der Waals surface area contributed by atoms with Crippen LogP contribution in [0.2, 0.25) is 0 Å². The molecule has 1 fully saturated rings. The number of benzene rings is 1. The molecule has 0 spiro atoms. The molecule has 0 bridgehead atoms. The summed E-state index contributed by atoms with van der Waals surface area (Å²) in [5.41, 5.74) is 0.596. The van der Waals surface area contributed by atoms with E-state index in [-0.39, 0.29) is 24.2 Å². The molecular weight excluding hydrogens is 386 g/mol. The maximum absolute atomic E-state index is 12.1. The first kappa shape index (κ1) is 22.3. The number of ether oxygens (including phenoxy) is 4. The molecule has 1 aromatic rings. The maximum Gasteiger partial charge on any atom is 0.370 e. The van der Waals surface area contributed by atoms with Crippen molar-refractivity contribution >= 4 is 23.8 Å². The lowest BCUT2D eigenvalue weighted by Crippen LogP contribution is -2.33. The van der Waals surface area contributed by atoms with Crippen LogP contribution in [0.15, 0.2) is 18.2 Å². The van der Waals surface area contributed by atoms with Gasteiger partial charge in [0.1, 0.15) is 5.75 Å². The van der Waals surface area contributed by atoms with Crippen LogP contribution in [0.25, 0.3) is 0 Å². The van der Waals surface area contributed by atoms with Crippen molar-refractivity contribution in [2.24, 2.45) is 0 Å². The zero-order valence-electron chi connectivity index (χ0n) is 16.5. The fourth-order valence-corrected chi connectivity index (χ4v) is 2.58. The predicted molar refractivity (Wildman–Crippen MR) is 96.4 cm³/mol. The van der Waals surface area contributed by atoms with Gasteiger partial charge in [-0.3, -0.25) is 9.59 Å². The molecule has 1 aromatic carbocycles. The standard InChI is InChI=1S/C19H23NO9/c1-4-26-19(27-5-2)14-10-12(6-7-13(14)18(24)25-3)28-11-17(23)29-20-15(21)8-9-16(20)22/h6-7,10,19H,4-5,8-9,11H2,1-3H3. The Kier molecular flexibility index (Phi) is 8.10. The number of amides is 2. The van der Waals surface area contributed by atoms with Crippen LogP contribution in [0.1, 0.15) is 48.9 Å². The van der Waals surface area contributed by atoms with Gasteiger partial charge >= 0.3 is 11.9 Å². The highest BCUT2D eigenvalue weighted by Crippen LogP contribution is 2.28. The molecule has 10 heteroatoms. The van der Waals surface area contributed by atoms with Crippen LogP contribution in [0.3, 0.4) is 0 Å². The van der Waals surface area contributed by atoms with Crippen LogP contribution >= 0.6 is 0 Å². The van der Waals surface area contributed by atoms with E-state index < -0.39 is 36.6 Å². The van der Waals surface area contributed by atoms with Gasteiger partial charge in [-0.1, -0.05) is 0 Å². The minimum Gasteiger partial charge on any atom is -0.482 e. The molecular formula is C19H23NO9. The third kappa shape index (κ3) is 5.75. The van der Waals surface area contributed by atoms with Gasteiger partial charge in [0.25, 0.3) is 11.8 Å². The lowest BCUT2D eigenvalue weighted by molar-refractivity contribution is -0.198. The van der Waals surface area contributed by atoms with Crippen molar-refractivity contribution in [2.45, 2.75) is 33.0 Å². The third-order valence-electron chi connectivity index (χ3n) is 3.87. The van der Waals surface area contributed by atoms with Crippen molar-refractivity contribution in [1.82, 2.24) is 5.06 Å². The van der Waals surface area contributed by atoms with Gasteiger partial charge in [0.2, 0.25) is 0 Å². The molecule has 1 heterocycles. The van der Waals surface area contributed by atoms with Crippen LogP contribution in [0, 0.1) is 0 Å². The van der Waals surface area contributed by atoms with Crippen molar-refractivity contribution in [3.05, 3.63) is 29.3 Å². The lowest BCUT2D eigenvalue weighted by Gasteiger charge is -2.20. The summed E-state index contributed by atoms with van der Waals surface area (Å²) in [6.07, 6.45) is -0.835. The average molecular weight is 409 g/mol. The van der Waals surface area contributed by atoms with E-state index in [1.807, 2.05) is 0 Å². The summed E-state index contributed by atoms with van der Waals surface area (Å²) in [5.74, 6) is -2.43. The Morgan fingerprint density at radius 3 is 2.24 bits per heavy atom. The van der Waals surface area contributed by atoms with Crippen LogP contribution in [-0.4, -0.2) is 55.7 Å². The first-order chi connectivity index (χ1) is 13.9. The fourth-order valence-electron chi connectivity index (χ4n) is 2.58. The highest BCUT2D eigenvalue weighted by atomic mass is 16.7. The number of hydroxylamine groups is 2. The Hall–Kier alpha value is -2.98. The molecule has 0 radical (unpaired) electrons. The van der Waals surface area contributed by atoms with Crippen molar-refractivity contribution in [1.29, 1.82) is 0 Å². The summed E-state index contributed by atoms with van der Waals surface area (Å²) in [5, 5.41) is 0.442. The largest absolute Gasteiger partial charge is 0.482 e. The minimum absolute atomic E-state index is 0.00155. The molecule has 0 aromatic heterocycles. The van der Waals surface area contributed by atoms with Gasteiger partial charge in [-0.05, 0) is 32.0 Å². The molecule has 0 N–H and O–H groups in total. The number of imide groups is 1. The summed E-state index contributed by atoms with van der Waals surface area (Å²) in [7, 11) is 1.25. The molecule has 29 heavy (non-hydrogen) atoms. The normalized spacial score (nSPS) is 13.7. The number of esters is 1. The Labute approximate surface area is 167 Å². The van der Waals surface area contributed by atoms with E-state index in [2.05, 4.69) is 0 Å². The number of nitrogens with zero attached hydrogens (tertiary/aromatic N) is 1. The van der Waals surface area contributed by atoms with Gasteiger partial charge in [0, 0.05) is 31.6 Å². The second-order valence-electron chi connectivity index (χ2n) is 5.82. The number of rotatable bonds is 10. The summed E-state index contributed by atoms with van der Waals surface area (Å²) >= 11 is 0. The number of methoxy groups -OCH3 is 1. The first-order valence-electron chi connectivity index (χ1n) is 9.06. The van der Waals surface area contributed by atoms with Gasteiger partial charge in [-0.25, -0.2) is 9.59 Å². The van der Waals surface area contributed by atoms with E-state index in [1.54, 1.807) is 13.8 Å². The Morgan fingerprint density at radius 1 is 1.07 bits per heavy atom. The van der Waals surface area contributed by atoms with Crippen LogP contribution in [0.5, 0.6) is 5.75 Å². The zero-order chi connectivity index (χ0) is 21.4. The first-order valence-corrected chi connectivity index (χ1v) is 9.06.